The largest absolute Gasteiger partial charge is 0.394 e. The number of rotatable bonds is 7. The van der Waals surface area contributed by atoms with Crippen LogP contribution < -0.4 is 16.8 Å². The number of carbonyl (C=O) groups excluding carboxylic acids is 2. The Labute approximate surface area is 137 Å². The molecule has 1 fully saturated rings. The van der Waals surface area contributed by atoms with Crippen LogP contribution in [0.1, 0.15) is 19.1 Å². The number of nitrogens with two attached hydrogens (primary N) is 2. The minimum atomic E-state index is -1.25. The topological polar surface area (TPSA) is 186 Å². The molecule has 24 heavy (non-hydrogen) atoms. The summed E-state index contributed by atoms with van der Waals surface area (Å²) in [5, 5.41) is 31.2. The lowest BCUT2D eigenvalue weighted by molar-refractivity contribution is -0.119. The van der Waals surface area contributed by atoms with E-state index in [1.165, 1.54) is 17.1 Å². The fraction of sp³-hybridized carbons (Fsp3) is 0.615. The molecule has 0 spiro atoms. The molecule has 0 aromatic carbocycles. The summed E-state index contributed by atoms with van der Waals surface area (Å²) in [4.78, 5) is 26.5. The summed E-state index contributed by atoms with van der Waals surface area (Å²) in [5.41, 5.74) is 10.6. The highest BCUT2D eigenvalue weighted by Gasteiger charge is 2.43. The van der Waals surface area contributed by atoms with Crippen molar-refractivity contribution in [3.63, 3.8) is 0 Å². The summed E-state index contributed by atoms with van der Waals surface area (Å²) in [6.45, 7) is -0.443. The van der Waals surface area contributed by atoms with E-state index in [1.54, 1.807) is 0 Å². The molecule has 0 bridgehead atoms. The van der Waals surface area contributed by atoms with Crippen molar-refractivity contribution in [2.24, 2.45) is 11.5 Å². The number of aromatic nitrogens is 2. The Morgan fingerprint density at radius 3 is 2.71 bits per heavy atom. The van der Waals surface area contributed by atoms with E-state index in [1.807, 2.05) is 0 Å². The third-order valence-electron chi connectivity index (χ3n) is 3.70. The number of anilines is 1. The quantitative estimate of drug-likeness (QED) is 0.303. The molecule has 134 valence electrons. The molecule has 2 rings (SSSR count). The number of carbonyl (C=O) groups is 2. The van der Waals surface area contributed by atoms with Gasteiger partial charge in [-0.05, 0) is 6.42 Å². The van der Waals surface area contributed by atoms with Gasteiger partial charge in [-0.1, -0.05) is 0 Å². The van der Waals surface area contributed by atoms with E-state index >= 15 is 0 Å². The zero-order chi connectivity index (χ0) is 17.9. The maximum atomic E-state index is 11.9. The minimum Gasteiger partial charge on any atom is -0.394 e. The zero-order valence-corrected chi connectivity index (χ0v) is 12.8. The standard InChI is InChI=1S/C13H21N5O6/c14-6(1-2-8(15)20)12(23)17-9-3-18(5-16-9)13-11(22)10(21)7(4-19)24-13/h3,5-7,10-11,13,19,21-22H,1-2,4,14H2,(H2,15,20)(H,17,23)/t6-,7+,10+,11+,13+/m0/s1. The number of hydrogen-bond donors (Lipinski definition) is 6. The van der Waals surface area contributed by atoms with Crippen LogP contribution in [0.25, 0.3) is 0 Å². The number of ether oxygens (including phenoxy) is 1. The molecule has 1 aromatic rings. The second-order valence-electron chi connectivity index (χ2n) is 5.54. The number of primary amides is 1. The second kappa shape index (κ2) is 7.68. The smallest absolute Gasteiger partial charge is 0.242 e. The van der Waals surface area contributed by atoms with Crippen molar-refractivity contribution in [3.05, 3.63) is 12.5 Å². The Morgan fingerprint density at radius 1 is 1.42 bits per heavy atom. The Hall–Kier alpha value is -2.05. The van der Waals surface area contributed by atoms with Gasteiger partial charge in [0.05, 0.1) is 25.2 Å². The van der Waals surface area contributed by atoms with Gasteiger partial charge in [0.1, 0.15) is 18.3 Å². The number of imidazole rings is 1. The van der Waals surface area contributed by atoms with Gasteiger partial charge < -0.3 is 41.4 Å². The maximum Gasteiger partial charge on any atom is 0.242 e. The average Bonchev–Trinajstić information content (AvgIpc) is 3.10. The maximum absolute atomic E-state index is 11.9. The zero-order valence-electron chi connectivity index (χ0n) is 12.8. The molecule has 11 heteroatoms. The first kappa shape index (κ1) is 18.3. The molecule has 1 aliphatic rings. The highest BCUT2D eigenvalue weighted by Crippen LogP contribution is 2.29. The lowest BCUT2D eigenvalue weighted by Gasteiger charge is -2.15. The van der Waals surface area contributed by atoms with Gasteiger partial charge in [-0.2, -0.15) is 0 Å². The first-order valence-electron chi connectivity index (χ1n) is 7.34. The number of nitrogens with one attached hydrogen (secondary N) is 1. The Bertz CT molecular complexity index is 593. The fourth-order valence-electron chi connectivity index (χ4n) is 2.31. The minimum absolute atomic E-state index is 0.00836. The van der Waals surface area contributed by atoms with E-state index in [2.05, 4.69) is 10.3 Å². The monoisotopic (exact) mass is 343 g/mol. The van der Waals surface area contributed by atoms with E-state index in [0.29, 0.717) is 0 Å². The van der Waals surface area contributed by atoms with Crippen molar-refractivity contribution >= 4 is 17.6 Å². The molecule has 5 atom stereocenters. The van der Waals surface area contributed by atoms with Crippen LogP contribution in [0.4, 0.5) is 5.82 Å². The molecule has 0 saturated carbocycles. The summed E-state index contributed by atoms with van der Waals surface area (Å²) in [6, 6.07) is -0.920. The third-order valence-corrected chi connectivity index (χ3v) is 3.70. The SMILES string of the molecule is NC(=O)CC[C@H](N)C(=O)Nc1cn([C@@H]2O[C@H](CO)[C@@H](O)[C@H]2O)cn1. The van der Waals surface area contributed by atoms with Gasteiger partial charge in [-0.3, -0.25) is 9.59 Å². The van der Waals surface area contributed by atoms with Crippen LogP contribution in [0.2, 0.25) is 0 Å². The predicted molar refractivity (Wildman–Crippen MR) is 80.3 cm³/mol. The molecule has 2 heterocycles. The number of aliphatic hydroxyl groups is 3. The fourth-order valence-corrected chi connectivity index (χ4v) is 2.31. The molecule has 11 nitrogen and oxygen atoms in total. The molecular formula is C13H21N5O6. The predicted octanol–water partition coefficient (Wildman–Crippen LogP) is -2.97. The van der Waals surface area contributed by atoms with Crippen molar-refractivity contribution in [2.45, 2.75) is 43.4 Å². The summed E-state index contributed by atoms with van der Waals surface area (Å²) in [5.74, 6) is -0.929. The van der Waals surface area contributed by atoms with E-state index in [0.717, 1.165) is 0 Å². The second-order valence-corrected chi connectivity index (χ2v) is 5.54. The van der Waals surface area contributed by atoms with E-state index in [4.69, 9.17) is 21.3 Å². The van der Waals surface area contributed by atoms with Gasteiger partial charge in [-0.25, -0.2) is 4.98 Å². The third kappa shape index (κ3) is 4.07. The van der Waals surface area contributed by atoms with Gasteiger partial charge in [0.15, 0.2) is 12.0 Å². The van der Waals surface area contributed by atoms with E-state index in [-0.39, 0.29) is 18.7 Å². The summed E-state index contributed by atoms with van der Waals surface area (Å²) >= 11 is 0. The molecule has 1 aliphatic heterocycles. The van der Waals surface area contributed by atoms with Crippen LogP contribution >= 0.6 is 0 Å². The molecule has 0 radical (unpaired) electrons. The van der Waals surface area contributed by atoms with Crippen molar-refractivity contribution in [3.8, 4) is 0 Å². The molecule has 0 unspecified atom stereocenters. The lowest BCUT2D eigenvalue weighted by atomic mass is 10.1. The summed E-state index contributed by atoms with van der Waals surface area (Å²) < 4.78 is 6.69. The highest BCUT2D eigenvalue weighted by atomic mass is 16.6. The van der Waals surface area contributed by atoms with Crippen molar-refractivity contribution < 1.29 is 29.6 Å². The van der Waals surface area contributed by atoms with Gasteiger partial charge in [0, 0.05) is 6.42 Å². The van der Waals surface area contributed by atoms with Crippen molar-refractivity contribution in [1.82, 2.24) is 9.55 Å². The normalized spacial score (nSPS) is 27.8. The summed E-state index contributed by atoms with van der Waals surface area (Å²) in [6.07, 6.45) is -1.56. The van der Waals surface area contributed by atoms with Crippen molar-refractivity contribution in [1.29, 1.82) is 0 Å². The summed E-state index contributed by atoms with van der Waals surface area (Å²) in [7, 11) is 0. The van der Waals surface area contributed by atoms with Crippen LogP contribution in [0, 0.1) is 0 Å². The molecule has 1 aromatic heterocycles. The highest BCUT2D eigenvalue weighted by molar-refractivity contribution is 5.94. The van der Waals surface area contributed by atoms with E-state index in [9.17, 15) is 19.8 Å². The Morgan fingerprint density at radius 2 is 2.12 bits per heavy atom. The van der Waals surface area contributed by atoms with Crippen LogP contribution in [-0.4, -0.2) is 67.6 Å². The number of nitrogens with zero attached hydrogens (tertiary/aromatic N) is 2. The van der Waals surface area contributed by atoms with E-state index < -0.39 is 49.0 Å². The molecule has 8 N–H and O–H groups in total. The molecule has 1 saturated heterocycles. The van der Waals surface area contributed by atoms with Gasteiger partial charge in [-0.15, -0.1) is 0 Å². The Kier molecular flexibility index (Phi) is 5.85. The van der Waals surface area contributed by atoms with Crippen LogP contribution in [0.3, 0.4) is 0 Å². The Balaban J connectivity index is 1.96. The van der Waals surface area contributed by atoms with Crippen LogP contribution in [-0.2, 0) is 14.3 Å². The first-order valence-corrected chi connectivity index (χ1v) is 7.34. The molecular weight excluding hydrogens is 322 g/mol. The number of aliphatic hydroxyl groups excluding tert-OH is 3. The average molecular weight is 343 g/mol. The number of amides is 2. The van der Waals surface area contributed by atoms with Crippen LogP contribution in [0.15, 0.2) is 12.5 Å². The van der Waals surface area contributed by atoms with Gasteiger partial charge in [0.25, 0.3) is 0 Å². The first-order chi connectivity index (χ1) is 11.3. The lowest BCUT2D eigenvalue weighted by Crippen LogP contribution is -2.36. The number of hydrogen-bond acceptors (Lipinski definition) is 8. The van der Waals surface area contributed by atoms with Crippen LogP contribution in [0.5, 0.6) is 0 Å². The molecule has 2 amide bonds. The van der Waals surface area contributed by atoms with Crippen molar-refractivity contribution in [2.75, 3.05) is 11.9 Å². The van der Waals surface area contributed by atoms with Gasteiger partial charge >= 0.3 is 0 Å². The van der Waals surface area contributed by atoms with Gasteiger partial charge in [0.2, 0.25) is 11.8 Å². The molecule has 0 aliphatic carbocycles.